The molecular formula is C21H25NO3. The average molecular weight is 339 g/mol. The van der Waals surface area contributed by atoms with Crippen LogP contribution >= 0.6 is 0 Å². The van der Waals surface area contributed by atoms with E-state index in [2.05, 4.69) is 11.0 Å². The van der Waals surface area contributed by atoms with E-state index in [1.54, 1.807) is 7.11 Å². The monoisotopic (exact) mass is 339 g/mol. The molecule has 3 fully saturated rings. The number of hydrogen-bond acceptors (Lipinski definition) is 4. The zero-order chi connectivity index (χ0) is 16.8. The normalized spacial score (nSPS) is 38.3. The van der Waals surface area contributed by atoms with Crippen molar-refractivity contribution < 1.29 is 14.3 Å². The molecule has 2 heterocycles. The number of ketones is 1. The molecule has 2 bridgehead atoms. The highest BCUT2D eigenvalue weighted by Crippen LogP contribution is 2.63. The predicted octanol–water partition coefficient (Wildman–Crippen LogP) is 2.71. The molecule has 25 heavy (non-hydrogen) atoms. The Kier molecular flexibility index (Phi) is 2.80. The van der Waals surface area contributed by atoms with E-state index in [0.717, 1.165) is 43.2 Å². The molecule has 4 nitrogen and oxygen atoms in total. The van der Waals surface area contributed by atoms with Gasteiger partial charge in [0.2, 0.25) is 0 Å². The molecule has 2 aliphatic heterocycles. The number of carbonyl (C=O) groups is 1. The molecule has 1 aromatic carbocycles. The second kappa shape index (κ2) is 4.79. The molecule has 0 radical (unpaired) electrons. The van der Waals surface area contributed by atoms with Crippen molar-refractivity contribution in [3.05, 3.63) is 23.3 Å². The van der Waals surface area contributed by atoms with Crippen LogP contribution < -0.4 is 9.47 Å². The first kappa shape index (κ1) is 14.6. The molecule has 1 spiro atoms. The highest BCUT2D eigenvalue weighted by atomic mass is 16.5. The Morgan fingerprint density at radius 3 is 3.00 bits per heavy atom. The van der Waals surface area contributed by atoms with Gasteiger partial charge in [0.15, 0.2) is 23.4 Å². The van der Waals surface area contributed by atoms with Crippen LogP contribution in [0.4, 0.5) is 0 Å². The van der Waals surface area contributed by atoms with Gasteiger partial charge in [-0.1, -0.05) is 6.07 Å². The molecule has 4 heteroatoms. The van der Waals surface area contributed by atoms with Gasteiger partial charge in [-0.25, -0.2) is 0 Å². The van der Waals surface area contributed by atoms with Gasteiger partial charge in [-0.15, -0.1) is 0 Å². The molecule has 5 aliphatic rings. The summed E-state index contributed by atoms with van der Waals surface area (Å²) in [5, 5.41) is 0. The number of methoxy groups -OCH3 is 1. The summed E-state index contributed by atoms with van der Waals surface area (Å²) in [5.41, 5.74) is 2.64. The molecule has 3 aliphatic carbocycles. The van der Waals surface area contributed by atoms with Gasteiger partial charge < -0.3 is 9.47 Å². The Hall–Kier alpha value is -1.55. The minimum absolute atomic E-state index is 0.0858. The van der Waals surface area contributed by atoms with E-state index in [9.17, 15) is 4.79 Å². The topological polar surface area (TPSA) is 38.8 Å². The quantitative estimate of drug-likeness (QED) is 0.849. The summed E-state index contributed by atoms with van der Waals surface area (Å²) in [6.07, 6.45) is 6.40. The van der Waals surface area contributed by atoms with Gasteiger partial charge >= 0.3 is 0 Å². The smallest absolute Gasteiger partial charge is 0.174 e. The van der Waals surface area contributed by atoms with Crippen LogP contribution in [0.1, 0.15) is 43.2 Å². The summed E-state index contributed by atoms with van der Waals surface area (Å²) < 4.78 is 11.9. The maximum Gasteiger partial charge on any atom is 0.174 e. The zero-order valence-electron chi connectivity index (χ0n) is 14.8. The van der Waals surface area contributed by atoms with Crippen molar-refractivity contribution in [1.82, 2.24) is 4.90 Å². The fourth-order valence-electron chi connectivity index (χ4n) is 6.42. The third-order valence-electron chi connectivity index (χ3n) is 7.62. The number of ether oxygens (including phenoxy) is 2. The maximum atomic E-state index is 12.8. The van der Waals surface area contributed by atoms with E-state index in [1.165, 1.54) is 30.5 Å². The SMILES string of the molecule is COc1ccc2c3c1O[C@H]1C(=O)CC[C@H]4[C@@H](C2)N(CC2CC2)CC[C@]314. The molecule has 1 aromatic rings. The molecule has 0 N–H and O–H groups in total. The summed E-state index contributed by atoms with van der Waals surface area (Å²) in [4.78, 5) is 15.6. The van der Waals surface area contributed by atoms with E-state index in [1.807, 2.05) is 6.07 Å². The molecule has 132 valence electrons. The number of Topliss-reactive ketones (excluding diaryl/α,β-unsaturated/α-hetero) is 1. The van der Waals surface area contributed by atoms with Crippen LogP contribution in [-0.2, 0) is 16.6 Å². The van der Waals surface area contributed by atoms with Gasteiger partial charge in [0.25, 0.3) is 0 Å². The van der Waals surface area contributed by atoms with Gasteiger partial charge in [-0.05, 0) is 62.1 Å². The van der Waals surface area contributed by atoms with Crippen LogP contribution in [0.15, 0.2) is 12.1 Å². The van der Waals surface area contributed by atoms with Crippen molar-refractivity contribution in [3.63, 3.8) is 0 Å². The summed E-state index contributed by atoms with van der Waals surface area (Å²) in [5.74, 6) is 3.45. The first-order valence-electron chi connectivity index (χ1n) is 9.86. The minimum atomic E-state index is -0.276. The summed E-state index contributed by atoms with van der Waals surface area (Å²) in [6, 6.07) is 4.85. The van der Waals surface area contributed by atoms with Crippen LogP contribution in [0.2, 0.25) is 0 Å². The van der Waals surface area contributed by atoms with Crippen LogP contribution in [0.25, 0.3) is 0 Å². The van der Waals surface area contributed by atoms with Gasteiger partial charge in [0.1, 0.15) is 0 Å². The number of piperidine rings is 1. The van der Waals surface area contributed by atoms with Crippen LogP contribution in [0.5, 0.6) is 11.5 Å². The molecule has 4 atom stereocenters. The lowest BCUT2D eigenvalue weighted by Gasteiger charge is -2.57. The van der Waals surface area contributed by atoms with Crippen molar-refractivity contribution in [2.45, 2.75) is 56.1 Å². The number of rotatable bonds is 3. The van der Waals surface area contributed by atoms with Crippen molar-refractivity contribution in [3.8, 4) is 11.5 Å². The van der Waals surface area contributed by atoms with E-state index < -0.39 is 0 Å². The number of nitrogens with zero attached hydrogens (tertiary/aromatic N) is 1. The number of hydrogen-bond donors (Lipinski definition) is 0. The van der Waals surface area contributed by atoms with E-state index in [-0.39, 0.29) is 11.5 Å². The number of likely N-dealkylation sites (tertiary alicyclic amines) is 1. The van der Waals surface area contributed by atoms with Crippen molar-refractivity contribution >= 4 is 5.78 Å². The second-order valence-electron chi connectivity index (χ2n) is 8.74. The number of benzene rings is 1. The fraction of sp³-hybridized carbons (Fsp3) is 0.667. The number of carbonyl (C=O) groups excluding carboxylic acids is 1. The minimum Gasteiger partial charge on any atom is -0.493 e. The van der Waals surface area contributed by atoms with E-state index >= 15 is 0 Å². The third-order valence-corrected chi connectivity index (χ3v) is 7.62. The highest BCUT2D eigenvalue weighted by molar-refractivity contribution is 5.89. The molecule has 0 amide bonds. The highest BCUT2D eigenvalue weighted by Gasteiger charge is 2.66. The zero-order valence-corrected chi connectivity index (χ0v) is 14.8. The fourth-order valence-corrected chi connectivity index (χ4v) is 6.42. The first-order chi connectivity index (χ1) is 12.2. The van der Waals surface area contributed by atoms with Gasteiger partial charge in [0, 0.05) is 30.0 Å². The maximum absolute atomic E-state index is 12.8. The Morgan fingerprint density at radius 1 is 1.32 bits per heavy atom. The summed E-state index contributed by atoms with van der Waals surface area (Å²) in [7, 11) is 1.70. The average Bonchev–Trinajstić information content (AvgIpc) is 3.36. The Labute approximate surface area is 148 Å². The molecule has 0 aromatic heterocycles. The lowest BCUT2D eigenvalue weighted by molar-refractivity contribution is -0.138. The predicted molar refractivity (Wildman–Crippen MR) is 93.2 cm³/mol. The lowest BCUT2D eigenvalue weighted by Crippen LogP contribution is -2.66. The molecule has 1 saturated heterocycles. The van der Waals surface area contributed by atoms with Crippen molar-refractivity contribution in [1.29, 1.82) is 0 Å². The Morgan fingerprint density at radius 2 is 2.20 bits per heavy atom. The first-order valence-corrected chi connectivity index (χ1v) is 9.86. The van der Waals surface area contributed by atoms with Crippen LogP contribution in [-0.4, -0.2) is 43.0 Å². The van der Waals surface area contributed by atoms with Crippen LogP contribution in [0.3, 0.4) is 0 Å². The Balaban J connectivity index is 1.53. The lowest BCUT2D eigenvalue weighted by atomic mass is 9.51. The third kappa shape index (κ3) is 1.74. The molecular weight excluding hydrogens is 314 g/mol. The molecule has 2 saturated carbocycles. The van der Waals surface area contributed by atoms with Gasteiger partial charge in [0.05, 0.1) is 7.11 Å². The summed E-state index contributed by atoms with van der Waals surface area (Å²) in [6.45, 7) is 2.37. The molecule has 0 unspecified atom stereocenters. The Bertz CT molecular complexity index is 771. The van der Waals surface area contributed by atoms with Gasteiger partial charge in [-0.3, -0.25) is 9.69 Å². The van der Waals surface area contributed by atoms with E-state index in [0.29, 0.717) is 24.2 Å². The van der Waals surface area contributed by atoms with Gasteiger partial charge in [-0.2, -0.15) is 0 Å². The standard InChI is InChI=1S/C21H25NO3/c1-24-17-7-4-13-10-15-14-5-6-16(23)20-21(14,18(13)19(17)25-20)8-9-22(15)11-12-2-3-12/h4,7,12,14-15,20H,2-3,5-6,8-11H2,1H3/t14-,15+,20-,21-/m0/s1. The van der Waals surface area contributed by atoms with E-state index in [4.69, 9.17) is 9.47 Å². The van der Waals surface area contributed by atoms with Crippen molar-refractivity contribution in [2.75, 3.05) is 20.2 Å². The largest absolute Gasteiger partial charge is 0.493 e. The van der Waals surface area contributed by atoms with Crippen molar-refractivity contribution in [2.24, 2.45) is 11.8 Å². The van der Waals surface area contributed by atoms with Crippen LogP contribution in [0, 0.1) is 11.8 Å². The second-order valence-corrected chi connectivity index (χ2v) is 8.74. The summed E-state index contributed by atoms with van der Waals surface area (Å²) >= 11 is 0. The molecule has 6 rings (SSSR count).